The molecule has 0 saturated carbocycles. The van der Waals surface area contributed by atoms with Crippen molar-refractivity contribution < 1.29 is 27.9 Å². The van der Waals surface area contributed by atoms with Crippen molar-refractivity contribution in [3.63, 3.8) is 0 Å². The summed E-state index contributed by atoms with van der Waals surface area (Å²) in [5, 5.41) is 13.2. The third-order valence-corrected chi connectivity index (χ3v) is 4.81. The Morgan fingerprint density at radius 3 is 2.44 bits per heavy atom. The van der Waals surface area contributed by atoms with E-state index in [1.807, 2.05) is 0 Å². The van der Waals surface area contributed by atoms with E-state index in [1.165, 1.54) is 23.2 Å². The molecule has 3 rings (SSSR count). The van der Waals surface area contributed by atoms with Gasteiger partial charge in [-0.05, 0) is 38.0 Å². The lowest BCUT2D eigenvalue weighted by Gasteiger charge is -2.32. The zero-order valence-corrected chi connectivity index (χ0v) is 14.5. The number of amides is 1. The molecule has 1 aliphatic rings. The molecule has 2 aromatic rings. The number of piperidine rings is 1. The molecule has 9 heteroatoms. The molecule has 0 radical (unpaired) electrons. The first kappa shape index (κ1) is 18.9. The van der Waals surface area contributed by atoms with Crippen molar-refractivity contribution in [1.29, 1.82) is 0 Å². The van der Waals surface area contributed by atoms with E-state index in [4.69, 9.17) is 5.11 Å². The van der Waals surface area contributed by atoms with E-state index >= 15 is 0 Å². The zero-order valence-electron chi connectivity index (χ0n) is 14.5. The van der Waals surface area contributed by atoms with Gasteiger partial charge in [0.25, 0.3) is 5.91 Å². The van der Waals surface area contributed by atoms with Crippen molar-refractivity contribution in [2.75, 3.05) is 13.1 Å². The topological polar surface area (TPSA) is 75.4 Å². The van der Waals surface area contributed by atoms with Crippen LogP contribution in [0, 0.1) is 6.92 Å². The number of carboxylic acids is 1. The van der Waals surface area contributed by atoms with Crippen molar-refractivity contribution in [3.8, 4) is 0 Å². The highest BCUT2D eigenvalue weighted by atomic mass is 19.4. The van der Waals surface area contributed by atoms with Gasteiger partial charge in [0.05, 0.1) is 23.5 Å². The number of rotatable bonds is 3. The van der Waals surface area contributed by atoms with Crippen LogP contribution in [0.1, 0.15) is 50.9 Å². The summed E-state index contributed by atoms with van der Waals surface area (Å²) in [4.78, 5) is 25.2. The monoisotopic (exact) mass is 381 g/mol. The number of hydrogen-bond acceptors (Lipinski definition) is 3. The maximum absolute atomic E-state index is 12.8. The fourth-order valence-corrected chi connectivity index (χ4v) is 3.33. The molecule has 6 nitrogen and oxygen atoms in total. The van der Waals surface area contributed by atoms with Crippen LogP contribution in [0.15, 0.2) is 30.5 Å². The zero-order chi connectivity index (χ0) is 19.8. The van der Waals surface area contributed by atoms with Crippen LogP contribution in [0.3, 0.4) is 0 Å². The van der Waals surface area contributed by atoms with Crippen LogP contribution in [0.5, 0.6) is 0 Å². The van der Waals surface area contributed by atoms with Gasteiger partial charge in [0, 0.05) is 18.7 Å². The van der Waals surface area contributed by atoms with Gasteiger partial charge in [-0.15, -0.1) is 0 Å². The Kier molecular flexibility index (Phi) is 4.95. The van der Waals surface area contributed by atoms with Gasteiger partial charge >= 0.3 is 12.1 Å². The first-order valence-corrected chi connectivity index (χ1v) is 8.42. The molecule has 1 aromatic heterocycles. The molecule has 0 spiro atoms. The Hall–Kier alpha value is -2.84. The normalized spacial score (nSPS) is 15.8. The van der Waals surface area contributed by atoms with E-state index in [1.54, 1.807) is 11.6 Å². The molecule has 0 atom stereocenters. The average Bonchev–Trinajstić information content (AvgIpc) is 3.02. The van der Waals surface area contributed by atoms with Gasteiger partial charge in [-0.25, -0.2) is 4.79 Å². The summed E-state index contributed by atoms with van der Waals surface area (Å²) in [7, 11) is 0. The molecule has 1 amide bonds. The summed E-state index contributed by atoms with van der Waals surface area (Å²) in [5.74, 6) is -1.49. The van der Waals surface area contributed by atoms with Crippen LogP contribution in [-0.2, 0) is 6.18 Å². The average molecular weight is 381 g/mol. The highest BCUT2D eigenvalue weighted by Crippen LogP contribution is 2.30. The SMILES string of the molecule is Cc1c(C(=O)O)cnn1C1CCN(C(=O)c2cccc(C(F)(F)F)c2)CC1. The maximum atomic E-state index is 12.8. The van der Waals surface area contributed by atoms with E-state index in [9.17, 15) is 22.8 Å². The molecule has 144 valence electrons. The summed E-state index contributed by atoms with van der Waals surface area (Å²) in [6.07, 6.45) is -2.10. The van der Waals surface area contributed by atoms with E-state index in [0.29, 0.717) is 31.6 Å². The minimum atomic E-state index is -4.50. The molecule has 1 saturated heterocycles. The molecule has 0 unspecified atom stereocenters. The number of benzene rings is 1. The Balaban J connectivity index is 1.69. The predicted molar refractivity (Wildman–Crippen MR) is 89.5 cm³/mol. The Bertz CT molecular complexity index is 868. The molecule has 27 heavy (non-hydrogen) atoms. The van der Waals surface area contributed by atoms with Crippen LogP contribution >= 0.6 is 0 Å². The summed E-state index contributed by atoms with van der Waals surface area (Å²) in [6.45, 7) is 2.40. The van der Waals surface area contributed by atoms with E-state index in [-0.39, 0.29) is 17.2 Å². The van der Waals surface area contributed by atoms with E-state index in [2.05, 4.69) is 5.10 Å². The predicted octanol–water partition coefficient (Wildman–Crippen LogP) is 3.39. The number of alkyl halides is 3. The van der Waals surface area contributed by atoms with Crippen LogP contribution < -0.4 is 0 Å². The molecule has 1 aromatic carbocycles. The lowest BCUT2D eigenvalue weighted by molar-refractivity contribution is -0.137. The number of aromatic nitrogens is 2. The number of nitrogens with zero attached hydrogens (tertiary/aromatic N) is 3. The molecule has 1 aliphatic heterocycles. The van der Waals surface area contributed by atoms with E-state index in [0.717, 1.165) is 12.1 Å². The third-order valence-electron chi connectivity index (χ3n) is 4.81. The summed E-state index contributed by atoms with van der Waals surface area (Å²) >= 11 is 0. The Morgan fingerprint density at radius 1 is 1.22 bits per heavy atom. The Labute approximate surface area is 153 Å². The number of carboxylic acid groups (broad SMARTS) is 1. The number of likely N-dealkylation sites (tertiary alicyclic amines) is 1. The Morgan fingerprint density at radius 2 is 1.89 bits per heavy atom. The second-order valence-corrected chi connectivity index (χ2v) is 6.50. The molecule has 0 aliphatic carbocycles. The highest BCUT2D eigenvalue weighted by molar-refractivity contribution is 5.94. The largest absolute Gasteiger partial charge is 0.478 e. The van der Waals surface area contributed by atoms with Gasteiger partial charge in [-0.1, -0.05) is 6.07 Å². The van der Waals surface area contributed by atoms with Crippen molar-refractivity contribution in [3.05, 3.63) is 52.8 Å². The fourth-order valence-electron chi connectivity index (χ4n) is 3.33. The molecule has 2 heterocycles. The lowest BCUT2D eigenvalue weighted by Crippen LogP contribution is -2.39. The van der Waals surface area contributed by atoms with Gasteiger partial charge in [-0.2, -0.15) is 18.3 Å². The lowest BCUT2D eigenvalue weighted by atomic mass is 10.0. The van der Waals surface area contributed by atoms with Crippen LogP contribution in [-0.4, -0.2) is 44.8 Å². The van der Waals surface area contributed by atoms with Crippen molar-refractivity contribution in [1.82, 2.24) is 14.7 Å². The second-order valence-electron chi connectivity index (χ2n) is 6.50. The number of carbonyl (C=O) groups excluding carboxylic acids is 1. The summed E-state index contributed by atoms with van der Waals surface area (Å²) < 4.78 is 40.1. The summed E-state index contributed by atoms with van der Waals surface area (Å²) in [5.41, 5.74) is -0.161. The van der Waals surface area contributed by atoms with Gasteiger partial charge in [0.1, 0.15) is 5.56 Å². The number of carbonyl (C=O) groups is 2. The molecular formula is C18H18F3N3O3. The molecule has 0 bridgehead atoms. The maximum Gasteiger partial charge on any atom is 0.416 e. The quantitative estimate of drug-likeness (QED) is 0.884. The first-order chi connectivity index (χ1) is 12.7. The first-order valence-electron chi connectivity index (χ1n) is 8.42. The van der Waals surface area contributed by atoms with Crippen LogP contribution in [0.25, 0.3) is 0 Å². The summed E-state index contributed by atoms with van der Waals surface area (Å²) in [6, 6.07) is 4.35. The minimum Gasteiger partial charge on any atom is -0.478 e. The van der Waals surface area contributed by atoms with Gasteiger partial charge in [0.2, 0.25) is 0 Å². The number of hydrogen-bond donors (Lipinski definition) is 1. The van der Waals surface area contributed by atoms with Crippen LogP contribution in [0.2, 0.25) is 0 Å². The van der Waals surface area contributed by atoms with Crippen molar-refractivity contribution >= 4 is 11.9 Å². The molecule has 1 fully saturated rings. The standard InChI is InChI=1S/C18H18F3N3O3/c1-11-15(17(26)27)10-22-24(11)14-5-7-23(8-6-14)16(25)12-3-2-4-13(9-12)18(19,20)21/h2-4,9-10,14H,5-8H2,1H3,(H,26,27). The fraction of sp³-hybridized carbons (Fsp3) is 0.389. The molecular weight excluding hydrogens is 363 g/mol. The molecule has 1 N–H and O–H groups in total. The second kappa shape index (κ2) is 7.05. The van der Waals surface area contributed by atoms with Gasteiger partial charge in [0.15, 0.2) is 0 Å². The highest BCUT2D eigenvalue weighted by Gasteiger charge is 2.32. The van der Waals surface area contributed by atoms with Gasteiger partial charge in [-0.3, -0.25) is 9.48 Å². The van der Waals surface area contributed by atoms with Crippen molar-refractivity contribution in [2.45, 2.75) is 32.0 Å². The third kappa shape index (κ3) is 3.81. The minimum absolute atomic E-state index is 0.00621. The number of aromatic carboxylic acids is 1. The number of halogens is 3. The van der Waals surface area contributed by atoms with Crippen molar-refractivity contribution in [2.24, 2.45) is 0 Å². The van der Waals surface area contributed by atoms with Crippen LogP contribution in [0.4, 0.5) is 13.2 Å². The van der Waals surface area contributed by atoms with Gasteiger partial charge < -0.3 is 10.0 Å². The smallest absolute Gasteiger partial charge is 0.416 e. The van der Waals surface area contributed by atoms with E-state index < -0.39 is 23.6 Å².